The molecule has 1 saturated heterocycles. The summed E-state index contributed by atoms with van der Waals surface area (Å²) in [5.74, 6) is -0.752. The van der Waals surface area contributed by atoms with Gasteiger partial charge < -0.3 is 10.1 Å². The van der Waals surface area contributed by atoms with Gasteiger partial charge in [0.15, 0.2) is 11.2 Å². The van der Waals surface area contributed by atoms with Crippen LogP contribution in [0.15, 0.2) is 60.2 Å². The number of hydrogen-bond donors (Lipinski definition) is 1. The van der Waals surface area contributed by atoms with E-state index in [9.17, 15) is 14.4 Å². The largest absolute Gasteiger partial charge is 0.448 e. The highest BCUT2D eigenvalue weighted by molar-refractivity contribution is 7.12. The van der Waals surface area contributed by atoms with E-state index in [1.807, 2.05) is 56.5 Å². The van der Waals surface area contributed by atoms with E-state index < -0.39 is 16.4 Å². The van der Waals surface area contributed by atoms with Crippen molar-refractivity contribution in [1.82, 2.24) is 14.6 Å². The van der Waals surface area contributed by atoms with E-state index in [-0.39, 0.29) is 17.7 Å². The Morgan fingerprint density at radius 3 is 2.64 bits per heavy atom. The van der Waals surface area contributed by atoms with Gasteiger partial charge in [0.1, 0.15) is 0 Å². The van der Waals surface area contributed by atoms with E-state index in [4.69, 9.17) is 4.74 Å². The molecule has 1 aliphatic carbocycles. The first-order chi connectivity index (χ1) is 17.2. The average Bonchev–Trinajstić information content (AvgIpc) is 3.61. The van der Waals surface area contributed by atoms with E-state index in [1.54, 1.807) is 22.8 Å². The molecule has 36 heavy (non-hydrogen) atoms. The Morgan fingerprint density at radius 2 is 1.94 bits per heavy atom. The Bertz CT molecular complexity index is 1560. The summed E-state index contributed by atoms with van der Waals surface area (Å²) in [4.78, 5) is 44.0. The lowest BCUT2D eigenvalue weighted by atomic mass is 9.66. The SMILES string of the molecule is CC12CCC(C(=O)Nc3cccc(-c4ccnc5c(C(=O)c6cccs6)cnn45)c3)(OC1=O)C2(C)C. The van der Waals surface area contributed by atoms with Gasteiger partial charge in [0.05, 0.1) is 27.7 Å². The Hall–Kier alpha value is -3.85. The lowest BCUT2D eigenvalue weighted by Crippen LogP contribution is -2.50. The molecule has 1 aliphatic heterocycles. The molecule has 1 saturated carbocycles. The summed E-state index contributed by atoms with van der Waals surface area (Å²) in [6, 6.07) is 12.8. The summed E-state index contributed by atoms with van der Waals surface area (Å²) in [5, 5.41) is 9.28. The van der Waals surface area contributed by atoms with Gasteiger partial charge in [-0.05, 0) is 49.4 Å². The van der Waals surface area contributed by atoms with Crippen LogP contribution in [0.5, 0.6) is 0 Å². The summed E-state index contributed by atoms with van der Waals surface area (Å²) in [6.07, 6.45) is 4.29. The number of nitrogens with one attached hydrogen (secondary N) is 1. The van der Waals surface area contributed by atoms with Crippen molar-refractivity contribution in [2.24, 2.45) is 10.8 Å². The number of rotatable bonds is 5. The maximum atomic E-state index is 13.5. The smallest absolute Gasteiger partial charge is 0.313 e. The van der Waals surface area contributed by atoms with Gasteiger partial charge in [-0.2, -0.15) is 5.10 Å². The molecule has 1 aromatic carbocycles. The molecule has 2 unspecified atom stereocenters. The van der Waals surface area contributed by atoms with Crippen LogP contribution >= 0.6 is 11.3 Å². The zero-order valence-corrected chi connectivity index (χ0v) is 20.9. The van der Waals surface area contributed by atoms with Crippen LogP contribution in [0.4, 0.5) is 5.69 Å². The fourth-order valence-electron chi connectivity index (χ4n) is 5.55. The number of thiophene rings is 1. The molecule has 0 radical (unpaired) electrons. The molecule has 2 bridgehead atoms. The highest BCUT2D eigenvalue weighted by Crippen LogP contribution is 2.65. The third kappa shape index (κ3) is 2.89. The van der Waals surface area contributed by atoms with Crippen LogP contribution in [0.2, 0.25) is 0 Å². The predicted molar refractivity (Wildman–Crippen MR) is 135 cm³/mol. The zero-order valence-electron chi connectivity index (χ0n) is 20.1. The van der Waals surface area contributed by atoms with Gasteiger partial charge in [-0.15, -0.1) is 11.3 Å². The van der Waals surface area contributed by atoms with E-state index in [1.165, 1.54) is 17.5 Å². The molecular weight excluding hydrogens is 476 g/mol. The minimum absolute atomic E-state index is 0.123. The maximum Gasteiger partial charge on any atom is 0.313 e. The van der Waals surface area contributed by atoms with Crippen molar-refractivity contribution in [2.45, 2.75) is 39.2 Å². The number of anilines is 1. The van der Waals surface area contributed by atoms with Gasteiger partial charge >= 0.3 is 5.97 Å². The van der Waals surface area contributed by atoms with Gasteiger partial charge in [0, 0.05) is 22.9 Å². The highest BCUT2D eigenvalue weighted by Gasteiger charge is 2.75. The Kier molecular flexibility index (Phi) is 4.75. The minimum Gasteiger partial charge on any atom is -0.448 e. The van der Waals surface area contributed by atoms with Gasteiger partial charge in [0.2, 0.25) is 5.78 Å². The molecule has 2 aliphatic rings. The number of ketones is 1. The number of hydrogen-bond acceptors (Lipinski definition) is 7. The molecular formula is C27H24N4O4S. The summed E-state index contributed by atoms with van der Waals surface area (Å²) in [5.41, 5.74) is 0.477. The van der Waals surface area contributed by atoms with Crippen molar-refractivity contribution >= 4 is 40.3 Å². The third-order valence-corrected chi connectivity index (χ3v) is 9.13. The first kappa shape index (κ1) is 22.6. The summed E-state index contributed by atoms with van der Waals surface area (Å²) in [6.45, 7) is 5.75. The molecule has 6 rings (SSSR count). The number of amides is 1. The van der Waals surface area contributed by atoms with Gasteiger partial charge in [0.25, 0.3) is 5.91 Å². The molecule has 0 spiro atoms. The Balaban J connectivity index is 1.33. The van der Waals surface area contributed by atoms with E-state index in [0.717, 1.165) is 11.3 Å². The summed E-state index contributed by atoms with van der Waals surface area (Å²) >= 11 is 1.37. The van der Waals surface area contributed by atoms with E-state index >= 15 is 0 Å². The number of carbonyl (C=O) groups is 3. The standard InChI is InChI=1S/C27H24N4O4S/c1-25(2)26(3)10-11-27(25,35-24(26)34)23(33)30-17-7-4-6-16(14-17)19-9-12-28-22-18(15-29-31(19)22)21(32)20-8-5-13-36-20/h4-9,12-15H,10-11H2,1-3H3,(H,30,33). The predicted octanol–water partition coefficient (Wildman–Crippen LogP) is 4.75. The van der Waals surface area contributed by atoms with Gasteiger partial charge in [-0.25, -0.2) is 9.50 Å². The van der Waals surface area contributed by atoms with Crippen molar-refractivity contribution in [2.75, 3.05) is 5.32 Å². The second-order valence-corrected chi connectivity index (χ2v) is 11.1. The van der Waals surface area contributed by atoms with E-state index in [0.29, 0.717) is 34.6 Å². The second kappa shape index (κ2) is 7.57. The highest BCUT2D eigenvalue weighted by atomic mass is 32.1. The van der Waals surface area contributed by atoms with Crippen molar-refractivity contribution in [3.8, 4) is 11.3 Å². The van der Waals surface area contributed by atoms with Crippen LogP contribution in [0.3, 0.4) is 0 Å². The summed E-state index contributed by atoms with van der Waals surface area (Å²) in [7, 11) is 0. The van der Waals surface area contributed by atoms with Crippen LogP contribution in [-0.4, -0.2) is 37.9 Å². The molecule has 8 nitrogen and oxygen atoms in total. The van der Waals surface area contributed by atoms with Gasteiger partial charge in [-0.1, -0.05) is 32.0 Å². The topological polar surface area (TPSA) is 103 Å². The van der Waals surface area contributed by atoms with Crippen LogP contribution < -0.4 is 5.32 Å². The molecule has 4 aromatic rings. The first-order valence-corrected chi connectivity index (χ1v) is 12.6. The third-order valence-electron chi connectivity index (χ3n) is 8.26. The second-order valence-electron chi connectivity index (χ2n) is 10.1. The van der Waals surface area contributed by atoms with E-state index in [2.05, 4.69) is 15.4 Å². The van der Waals surface area contributed by atoms with Crippen molar-refractivity contribution in [3.05, 3.63) is 70.7 Å². The molecule has 9 heteroatoms. The van der Waals surface area contributed by atoms with Gasteiger partial charge in [-0.3, -0.25) is 14.4 Å². The normalized spacial score (nSPS) is 24.1. The van der Waals surface area contributed by atoms with Crippen molar-refractivity contribution in [1.29, 1.82) is 0 Å². The lowest BCUT2D eigenvalue weighted by molar-refractivity contribution is -0.165. The lowest BCUT2D eigenvalue weighted by Gasteiger charge is -2.35. The number of esters is 1. The number of fused-ring (bicyclic) bond motifs is 3. The molecule has 2 atom stereocenters. The molecule has 182 valence electrons. The molecule has 4 heterocycles. The fourth-order valence-corrected chi connectivity index (χ4v) is 6.22. The Labute approximate surface area is 211 Å². The fraction of sp³-hybridized carbons (Fsp3) is 0.296. The number of ether oxygens (including phenoxy) is 1. The number of nitrogens with zero attached hydrogens (tertiary/aromatic N) is 3. The average molecular weight is 501 g/mol. The zero-order chi connectivity index (χ0) is 25.3. The van der Waals surface area contributed by atoms with Crippen LogP contribution in [-0.2, 0) is 14.3 Å². The number of carbonyl (C=O) groups excluding carboxylic acids is 3. The molecule has 3 aromatic heterocycles. The number of aromatic nitrogens is 3. The quantitative estimate of drug-likeness (QED) is 0.313. The minimum atomic E-state index is -1.20. The van der Waals surface area contributed by atoms with Crippen LogP contribution in [0.1, 0.15) is 48.8 Å². The molecule has 1 N–H and O–H groups in total. The Morgan fingerprint density at radius 1 is 1.11 bits per heavy atom. The van der Waals surface area contributed by atoms with Crippen molar-refractivity contribution < 1.29 is 19.1 Å². The monoisotopic (exact) mass is 500 g/mol. The van der Waals surface area contributed by atoms with Crippen LogP contribution in [0, 0.1) is 10.8 Å². The molecule has 2 fully saturated rings. The molecule has 1 amide bonds. The maximum absolute atomic E-state index is 13.5. The van der Waals surface area contributed by atoms with Crippen LogP contribution in [0.25, 0.3) is 16.9 Å². The number of benzene rings is 1. The first-order valence-electron chi connectivity index (χ1n) is 11.7. The summed E-state index contributed by atoms with van der Waals surface area (Å²) < 4.78 is 7.35. The van der Waals surface area contributed by atoms with Crippen molar-refractivity contribution in [3.63, 3.8) is 0 Å².